The Bertz CT molecular complexity index is 2240. The fraction of sp³-hybridized carbons (Fsp3) is 0.227. The highest BCUT2D eigenvalue weighted by molar-refractivity contribution is 6.23. The van der Waals surface area contributed by atoms with Gasteiger partial charge in [-0.2, -0.15) is 0 Å². The maximum Gasteiger partial charge on any atom is 0.326 e. The van der Waals surface area contributed by atoms with Gasteiger partial charge in [0.25, 0.3) is 23.6 Å². The zero-order chi connectivity index (χ0) is 42.9. The molecule has 6 rings (SSSR count). The number of carbonyl (C=O) groups excluding carboxylic acids is 8. The second kappa shape index (κ2) is 19.9. The number of allylic oxidation sites excluding steroid dienone is 1. The highest BCUT2D eigenvalue weighted by Gasteiger charge is 2.37. The van der Waals surface area contributed by atoms with Crippen molar-refractivity contribution in [2.24, 2.45) is 0 Å². The molecule has 16 heteroatoms. The number of rotatable bonds is 16. The van der Waals surface area contributed by atoms with Crippen LogP contribution in [0, 0.1) is 0 Å². The first-order chi connectivity index (χ1) is 28.1. The van der Waals surface area contributed by atoms with Crippen molar-refractivity contribution in [2.45, 2.75) is 26.4 Å². The van der Waals surface area contributed by atoms with Gasteiger partial charge in [-0.1, -0.05) is 30.8 Å². The summed E-state index contributed by atoms with van der Waals surface area (Å²) in [5, 5.41) is 9.75. The number of aliphatic hydroxyl groups is 1. The van der Waals surface area contributed by atoms with Gasteiger partial charge in [-0.05, 0) is 99.1 Å². The fourth-order valence-corrected chi connectivity index (χ4v) is 5.75. The number of ether oxygens (including phenoxy) is 4. The summed E-state index contributed by atoms with van der Waals surface area (Å²) in [5.74, 6) is -3.07. The van der Waals surface area contributed by atoms with Crippen LogP contribution in [0.25, 0.3) is 0 Å². The lowest BCUT2D eigenvalue weighted by atomic mass is 9.97. The summed E-state index contributed by atoms with van der Waals surface area (Å²) in [6.45, 7) is 7.16. The molecule has 312 valence electrons. The Balaban J connectivity index is 0.000000260. The number of fused-ring (bicyclic) bond motifs is 2. The van der Waals surface area contributed by atoms with E-state index in [1.165, 1.54) is 38.1 Å². The van der Waals surface area contributed by atoms with E-state index in [4.69, 9.17) is 18.9 Å². The summed E-state index contributed by atoms with van der Waals surface area (Å²) in [6, 6.07) is 25.5. The van der Waals surface area contributed by atoms with Gasteiger partial charge in [0.2, 0.25) is 0 Å². The lowest BCUT2D eigenvalue weighted by Gasteiger charge is -2.15. The molecule has 0 atom stereocenters. The number of hydrogen-bond donors (Lipinski definition) is 1. The third-order valence-electron chi connectivity index (χ3n) is 8.74. The predicted octanol–water partition coefficient (Wildman–Crippen LogP) is 3.70. The van der Waals surface area contributed by atoms with E-state index in [-0.39, 0.29) is 59.9 Å². The first-order valence-electron chi connectivity index (χ1n) is 18.2. The highest BCUT2D eigenvalue weighted by atomic mass is 16.6. The minimum Gasteiger partial charge on any atom is -0.490 e. The minimum atomic E-state index is -1.46. The molecule has 0 spiro atoms. The summed E-state index contributed by atoms with van der Waals surface area (Å²) < 4.78 is 21.0. The van der Waals surface area contributed by atoms with Crippen LogP contribution in [0.4, 0.5) is 0 Å². The normalized spacial score (nSPS) is 12.7. The number of nitrogens with zero attached hydrogens (tertiary/aromatic N) is 2. The zero-order valence-electron chi connectivity index (χ0n) is 32.9. The van der Waals surface area contributed by atoms with E-state index in [1.54, 1.807) is 79.7 Å². The smallest absolute Gasteiger partial charge is 0.326 e. The Labute approximate surface area is 344 Å². The Morgan fingerprint density at radius 2 is 0.900 bits per heavy atom. The van der Waals surface area contributed by atoms with Gasteiger partial charge in [0.1, 0.15) is 56.6 Å². The van der Waals surface area contributed by atoms with E-state index in [0.717, 1.165) is 9.80 Å². The average Bonchev–Trinajstić information content (AvgIpc) is 3.61. The van der Waals surface area contributed by atoms with Crippen LogP contribution in [0.3, 0.4) is 0 Å². The third kappa shape index (κ3) is 11.0. The molecular formula is C44H42N2O14. The minimum absolute atomic E-state index is 0. The van der Waals surface area contributed by atoms with Crippen LogP contribution in [-0.4, -0.2) is 113 Å². The number of hydrogen-bond acceptors (Lipinski definition) is 13. The molecule has 60 heavy (non-hydrogen) atoms. The molecule has 3 N–H and O–H groups in total. The molecule has 0 radical (unpaired) electrons. The number of carbonyl (C=O) groups is 8. The maximum atomic E-state index is 12.2. The number of benzene rings is 4. The van der Waals surface area contributed by atoms with Crippen molar-refractivity contribution < 1.29 is 67.9 Å². The van der Waals surface area contributed by atoms with E-state index < -0.39 is 60.0 Å². The topological polar surface area (TPSA) is 232 Å². The lowest BCUT2D eigenvalue weighted by Crippen LogP contribution is -2.36. The van der Waals surface area contributed by atoms with Crippen LogP contribution in [0.1, 0.15) is 82.9 Å². The summed E-state index contributed by atoms with van der Waals surface area (Å²) in [5.41, 5.74) is 0.943. The van der Waals surface area contributed by atoms with Gasteiger partial charge in [-0.3, -0.25) is 48.2 Å². The largest absolute Gasteiger partial charge is 0.490 e. The first kappa shape index (κ1) is 45.4. The van der Waals surface area contributed by atoms with Gasteiger partial charge in [0.15, 0.2) is 11.6 Å². The van der Waals surface area contributed by atoms with Crippen LogP contribution < -0.4 is 9.47 Å². The van der Waals surface area contributed by atoms with E-state index in [2.05, 4.69) is 6.58 Å². The number of amides is 4. The van der Waals surface area contributed by atoms with Crippen molar-refractivity contribution in [1.29, 1.82) is 0 Å². The molecule has 0 fully saturated rings. The van der Waals surface area contributed by atoms with Crippen LogP contribution in [0.2, 0.25) is 0 Å². The number of ketones is 2. The average molecular weight is 823 g/mol. The van der Waals surface area contributed by atoms with Gasteiger partial charge < -0.3 is 29.5 Å². The van der Waals surface area contributed by atoms with Crippen LogP contribution in [0.15, 0.2) is 109 Å². The predicted molar refractivity (Wildman–Crippen MR) is 213 cm³/mol. The van der Waals surface area contributed by atoms with Crippen molar-refractivity contribution >= 4 is 47.1 Å². The Morgan fingerprint density at radius 3 is 1.22 bits per heavy atom. The van der Waals surface area contributed by atoms with E-state index in [1.807, 2.05) is 0 Å². The fourth-order valence-electron chi connectivity index (χ4n) is 5.75. The van der Waals surface area contributed by atoms with Gasteiger partial charge in [0, 0.05) is 11.1 Å². The van der Waals surface area contributed by atoms with Crippen molar-refractivity contribution in [1.82, 2.24) is 9.80 Å². The van der Waals surface area contributed by atoms with Gasteiger partial charge in [0.05, 0.1) is 22.3 Å². The molecule has 4 aromatic carbocycles. The monoisotopic (exact) mass is 822 g/mol. The van der Waals surface area contributed by atoms with E-state index in [9.17, 15) is 43.5 Å². The summed E-state index contributed by atoms with van der Waals surface area (Å²) >= 11 is 0. The van der Waals surface area contributed by atoms with Crippen LogP contribution in [0.5, 0.6) is 11.5 Å². The van der Waals surface area contributed by atoms with Crippen molar-refractivity contribution in [3.8, 4) is 11.5 Å². The lowest BCUT2D eigenvalue weighted by molar-refractivity contribution is -0.145. The SMILES string of the molecule is C=C(C)C(=O)c1ccc(OCCOC(=O)CN2C(=O)c3ccccc3C2=O)cc1.CC(C)(O)C(=O)c1ccc(OCCOC(=O)CN2C(=O)c3ccccc3C2=O)cc1.O. The molecule has 0 bridgehead atoms. The summed E-state index contributed by atoms with van der Waals surface area (Å²) in [6.07, 6.45) is 0. The molecule has 4 aromatic rings. The molecule has 2 aliphatic rings. The Morgan fingerprint density at radius 1 is 0.567 bits per heavy atom. The van der Waals surface area contributed by atoms with Gasteiger partial charge in [-0.15, -0.1) is 0 Å². The van der Waals surface area contributed by atoms with Gasteiger partial charge in [-0.25, -0.2) is 0 Å². The van der Waals surface area contributed by atoms with Crippen molar-refractivity contribution in [3.63, 3.8) is 0 Å². The number of Topliss-reactive ketones (excluding diaryl/α,β-unsaturated/α-hetero) is 2. The molecule has 0 saturated carbocycles. The van der Waals surface area contributed by atoms with Crippen molar-refractivity contribution in [3.05, 3.63) is 143 Å². The highest BCUT2D eigenvalue weighted by Crippen LogP contribution is 2.24. The Hall–Kier alpha value is -7.30. The van der Waals surface area contributed by atoms with Crippen molar-refractivity contribution in [2.75, 3.05) is 39.5 Å². The molecule has 4 amide bonds. The molecule has 2 aliphatic heterocycles. The zero-order valence-corrected chi connectivity index (χ0v) is 32.9. The van der Waals surface area contributed by atoms with E-state index >= 15 is 0 Å². The molecule has 0 saturated heterocycles. The molecule has 2 heterocycles. The molecule has 0 aromatic heterocycles. The molecule has 16 nitrogen and oxygen atoms in total. The first-order valence-corrected chi connectivity index (χ1v) is 18.2. The maximum absolute atomic E-state index is 12.2. The summed E-state index contributed by atoms with van der Waals surface area (Å²) in [7, 11) is 0. The van der Waals surface area contributed by atoms with E-state index in [0.29, 0.717) is 28.2 Å². The second-order valence-electron chi connectivity index (χ2n) is 13.7. The third-order valence-corrected chi connectivity index (χ3v) is 8.74. The quantitative estimate of drug-likeness (QED) is 0.0559. The number of esters is 2. The van der Waals surface area contributed by atoms with Crippen LogP contribution >= 0.6 is 0 Å². The standard InChI is InChI=1S/C22H21NO7.C22H19NO6.H2O/c1-22(2,28)19(25)14-7-9-15(10-8-14)29-11-12-30-18(24)13-23-20(26)16-5-3-4-6-17(16)21(23)27;1-14(2)20(25)15-7-9-16(10-8-15)28-11-12-29-19(24)13-23-21(26)17-5-3-4-6-18(17)22(23)27;/h3-10,28H,11-13H2,1-2H3;3-10H,1,11-13H2,2H3;1H2. The summed E-state index contributed by atoms with van der Waals surface area (Å²) in [4.78, 5) is 98.3. The molecule has 0 aliphatic carbocycles. The molecular weight excluding hydrogens is 780 g/mol. The second-order valence-corrected chi connectivity index (χ2v) is 13.7. The van der Waals surface area contributed by atoms with Gasteiger partial charge >= 0.3 is 11.9 Å². The van der Waals surface area contributed by atoms with Crippen LogP contribution in [-0.2, 0) is 19.1 Å². The number of imide groups is 2. The Kier molecular flexibility index (Phi) is 15.1. The molecule has 0 unspecified atom stereocenters.